The van der Waals surface area contributed by atoms with E-state index in [1.165, 1.54) is 44.6 Å². The Hall–Kier alpha value is -4.41. The van der Waals surface area contributed by atoms with Gasteiger partial charge in [0, 0.05) is 6.08 Å². The van der Waals surface area contributed by atoms with E-state index >= 15 is 0 Å². The van der Waals surface area contributed by atoms with E-state index in [-0.39, 0.29) is 30.3 Å². The number of methoxy groups -OCH3 is 2. The summed E-state index contributed by atoms with van der Waals surface area (Å²) in [4.78, 5) is 34.9. The molecule has 2 aromatic rings. The maximum Gasteiger partial charge on any atom is 0.325 e. The average molecular weight is 482 g/mol. The third-order valence-corrected chi connectivity index (χ3v) is 4.33. The number of esters is 2. The Labute approximate surface area is 202 Å². The van der Waals surface area contributed by atoms with E-state index in [0.29, 0.717) is 22.6 Å². The average Bonchev–Trinajstić information content (AvgIpc) is 2.87. The minimum atomic E-state index is -0.611. The molecule has 0 fully saturated rings. The van der Waals surface area contributed by atoms with Crippen molar-refractivity contribution < 1.29 is 38.4 Å². The molecule has 0 bridgehead atoms. The van der Waals surface area contributed by atoms with Gasteiger partial charge in [-0.25, -0.2) is 0 Å². The minimum absolute atomic E-state index is 0.205. The molecule has 35 heavy (non-hydrogen) atoms. The molecule has 0 radical (unpaired) electrons. The van der Waals surface area contributed by atoms with Crippen molar-refractivity contribution in [3.8, 4) is 23.0 Å². The Morgan fingerprint density at radius 1 is 0.771 bits per heavy atom. The molecule has 5 N–H and O–H groups in total. The van der Waals surface area contributed by atoms with E-state index in [1.807, 2.05) is 0 Å². The van der Waals surface area contributed by atoms with Crippen LogP contribution in [0.1, 0.15) is 11.1 Å². The van der Waals surface area contributed by atoms with Crippen LogP contribution in [0.5, 0.6) is 23.0 Å². The van der Waals surface area contributed by atoms with Crippen LogP contribution in [0.3, 0.4) is 0 Å². The second kappa shape index (κ2) is 13.3. The lowest BCUT2D eigenvalue weighted by atomic mass is 10.1. The summed E-state index contributed by atoms with van der Waals surface area (Å²) >= 11 is 0. The van der Waals surface area contributed by atoms with E-state index in [4.69, 9.17) is 30.4 Å². The van der Waals surface area contributed by atoms with Gasteiger partial charge in [-0.2, -0.15) is 0 Å². The smallest absolute Gasteiger partial charge is 0.325 e. The molecular formula is C25H26N2O8. The Morgan fingerprint density at radius 3 is 1.66 bits per heavy atom. The fraction of sp³-hybridized carbons (Fsp3) is 0.160. The van der Waals surface area contributed by atoms with Crippen LogP contribution in [0.2, 0.25) is 0 Å². The lowest BCUT2D eigenvalue weighted by molar-refractivity contribution is -0.133. The third-order valence-electron chi connectivity index (χ3n) is 4.33. The largest absolute Gasteiger partial charge is 0.508 e. The van der Waals surface area contributed by atoms with Crippen LogP contribution < -0.4 is 30.4 Å². The molecule has 0 saturated heterocycles. The van der Waals surface area contributed by atoms with Gasteiger partial charge in [-0.3, -0.25) is 14.4 Å². The molecule has 0 aromatic heterocycles. The first-order valence-electron chi connectivity index (χ1n) is 10.3. The topological polar surface area (TPSA) is 160 Å². The third kappa shape index (κ3) is 8.46. The van der Waals surface area contributed by atoms with E-state index < -0.39 is 17.7 Å². The molecule has 10 heteroatoms. The summed E-state index contributed by atoms with van der Waals surface area (Å²) in [6.45, 7) is -0.540. The second-order valence-corrected chi connectivity index (χ2v) is 6.82. The maximum atomic E-state index is 12.2. The zero-order chi connectivity index (χ0) is 25.8. The van der Waals surface area contributed by atoms with E-state index in [9.17, 15) is 19.5 Å². The van der Waals surface area contributed by atoms with E-state index in [1.54, 1.807) is 30.3 Å². The fourth-order valence-electron chi connectivity index (χ4n) is 2.67. The summed E-state index contributed by atoms with van der Waals surface area (Å²) in [6, 6.07) is 9.47. The van der Waals surface area contributed by atoms with Crippen LogP contribution in [0.4, 0.5) is 0 Å². The Bertz CT molecular complexity index is 1170. The van der Waals surface area contributed by atoms with Gasteiger partial charge >= 0.3 is 11.9 Å². The first-order chi connectivity index (χ1) is 16.8. The van der Waals surface area contributed by atoms with Crippen molar-refractivity contribution in [2.45, 2.75) is 0 Å². The normalized spacial score (nSPS) is 11.5. The standard InChI is InChI=1S/C25H26N2O8/c1-32-22-11-16(5-9-20(22)34-24(30)14-26)3-7-18(28)13-19(29)8-4-17-6-10-21(23(12-17)33-2)35-25(31)15-27/h3-13,28H,14-15,26-27H2,1-2H3/b7-3+,8-4+,18-13-. The maximum absolute atomic E-state index is 12.2. The summed E-state index contributed by atoms with van der Waals surface area (Å²) in [5.74, 6) is -0.954. The Balaban J connectivity index is 2.07. The molecule has 0 aliphatic heterocycles. The number of benzene rings is 2. The van der Waals surface area contributed by atoms with Crippen LogP contribution in [0.25, 0.3) is 12.2 Å². The molecule has 0 unspecified atom stereocenters. The van der Waals surface area contributed by atoms with Crippen molar-refractivity contribution in [2.24, 2.45) is 11.5 Å². The monoisotopic (exact) mass is 482 g/mol. The molecule has 2 aromatic carbocycles. The number of carbonyl (C=O) groups excluding carboxylic acids is 3. The first-order valence-corrected chi connectivity index (χ1v) is 10.3. The van der Waals surface area contributed by atoms with Gasteiger partial charge < -0.3 is 35.5 Å². The van der Waals surface area contributed by atoms with Crippen LogP contribution in [0, 0.1) is 0 Å². The predicted molar refractivity (Wildman–Crippen MR) is 129 cm³/mol. The highest BCUT2D eigenvalue weighted by atomic mass is 16.6. The molecule has 0 saturated carbocycles. The minimum Gasteiger partial charge on any atom is -0.508 e. The number of hydrogen-bond donors (Lipinski definition) is 3. The number of nitrogens with two attached hydrogens (primary N) is 2. The van der Waals surface area contributed by atoms with Gasteiger partial charge in [0.15, 0.2) is 28.8 Å². The Morgan fingerprint density at radius 2 is 1.23 bits per heavy atom. The number of carbonyl (C=O) groups is 3. The lowest BCUT2D eigenvalue weighted by Crippen LogP contribution is -2.19. The van der Waals surface area contributed by atoms with Gasteiger partial charge in [0.05, 0.1) is 27.3 Å². The number of ketones is 1. The van der Waals surface area contributed by atoms with Crippen LogP contribution in [0.15, 0.2) is 60.4 Å². The van der Waals surface area contributed by atoms with Gasteiger partial charge in [0.2, 0.25) is 0 Å². The zero-order valence-electron chi connectivity index (χ0n) is 19.2. The van der Waals surface area contributed by atoms with Gasteiger partial charge in [-0.1, -0.05) is 24.3 Å². The fourth-order valence-corrected chi connectivity index (χ4v) is 2.67. The SMILES string of the molecule is COc1cc(/C=C/C(=O)/C=C(O)/C=C/c2ccc(OC(=O)CN)c(OC)c2)ccc1OC(=O)CN. The highest BCUT2D eigenvalue weighted by molar-refractivity contribution is 6.02. The Kier molecular flexibility index (Phi) is 10.2. The molecule has 2 rings (SSSR count). The molecule has 10 nitrogen and oxygen atoms in total. The number of aliphatic hydroxyl groups excluding tert-OH is 1. The molecule has 0 atom stereocenters. The van der Waals surface area contributed by atoms with Gasteiger partial charge in [0.25, 0.3) is 0 Å². The number of aliphatic hydroxyl groups is 1. The van der Waals surface area contributed by atoms with Crippen LogP contribution in [-0.2, 0) is 14.4 Å². The first kappa shape index (κ1) is 26.8. The summed E-state index contributed by atoms with van der Waals surface area (Å²) in [5, 5.41) is 10.1. The number of rotatable bonds is 11. The second-order valence-electron chi connectivity index (χ2n) is 6.82. The van der Waals surface area contributed by atoms with Crippen molar-refractivity contribution in [1.29, 1.82) is 0 Å². The quantitative estimate of drug-likeness (QED) is 0.142. The van der Waals surface area contributed by atoms with Crippen molar-refractivity contribution >= 4 is 29.9 Å². The van der Waals surface area contributed by atoms with Crippen LogP contribution >= 0.6 is 0 Å². The number of allylic oxidation sites excluding steroid dienone is 3. The molecular weight excluding hydrogens is 456 g/mol. The summed E-state index contributed by atoms with van der Waals surface area (Å²) < 4.78 is 20.5. The molecule has 0 aliphatic carbocycles. The molecule has 184 valence electrons. The lowest BCUT2D eigenvalue weighted by Gasteiger charge is -2.09. The van der Waals surface area contributed by atoms with Crippen molar-refractivity contribution in [3.63, 3.8) is 0 Å². The van der Waals surface area contributed by atoms with Gasteiger partial charge in [-0.15, -0.1) is 0 Å². The van der Waals surface area contributed by atoms with Gasteiger partial charge in [-0.05, 0) is 47.5 Å². The molecule has 0 spiro atoms. The summed E-state index contributed by atoms with van der Waals surface area (Å²) in [6.07, 6.45) is 6.69. The van der Waals surface area contributed by atoms with Crippen LogP contribution in [-0.4, -0.2) is 50.1 Å². The van der Waals surface area contributed by atoms with Crippen molar-refractivity contribution in [1.82, 2.24) is 0 Å². The molecule has 0 heterocycles. The summed E-state index contributed by atoms with van der Waals surface area (Å²) in [7, 11) is 2.83. The van der Waals surface area contributed by atoms with Gasteiger partial charge in [0.1, 0.15) is 5.76 Å². The van der Waals surface area contributed by atoms with E-state index in [2.05, 4.69) is 0 Å². The molecule has 0 amide bonds. The van der Waals surface area contributed by atoms with Crippen molar-refractivity contribution in [3.05, 3.63) is 71.5 Å². The highest BCUT2D eigenvalue weighted by Gasteiger charge is 2.10. The summed E-state index contributed by atoms with van der Waals surface area (Å²) in [5.41, 5.74) is 11.7. The number of hydrogen-bond acceptors (Lipinski definition) is 10. The number of ether oxygens (including phenoxy) is 4. The van der Waals surface area contributed by atoms with Crippen molar-refractivity contribution in [2.75, 3.05) is 27.3 Å². The predicted octanol–water partition coefficient (Wildman–Crippen LogP) is 2.17. The molecule has 0 aliphatic rings. The zero-order valence-corrected chi connectivity index (χ0v) is 19.2. The van der Waals surface area contributed by atoms with E-state index in [0.717, 1.165) is 6.08 Å². The highest BCUT2D eigenvalue weighted by Crippen LogP contribution is 2.29.